The number of nitrogens with two attached hydrogens (primary N) is 1. The van der Waals surface area contributed by atoms with Gasteiger partial charge >= 0.3 is 5.97 Å². The number of benzene rings is 1. The highest BCUT2D eigenvalue weighted by molar-refractivity contribution is 5.95. The van der Waals surface area contributed by atoms with Crippen molar-refractivity contribution in [2.75, 3.05) is 25.1 Å². The lowest BCUT2D eigenvalue weighted by Gasteiger charge is -2.16. The zero-order chi connectivity index (χ0) is 13.8. The Balaban J connectivity index is 2.06. The van der Waals surface area contributed by atoms with E-state index in [0.717, 1.165) is 11.3 Å². The van der Waals surface area contributed by atoms with Gasteiger partial charge in [-0.1, -0.05) is 12.1 Å². The van der Waals surface area contributed by atoms with E-state index in [1.807, 2.05) is 24.3 Å². The van der Waals surface area contributed by atoms with Crippen molar-refractivity contribution in [3.63, 3.8) is 0 Å². The van der Waals surface area contributed by atoms with E-state index in [9.17, 15) is 9.59 Å². The molecule has 1 fully saturated rings. The molecule has 5 nitrogen and oxygen atoms in total. The number of carbonyl (C=O) groups excluding carboxylic acids is 2. The topological polar surface area (TPSA) is 72.6 Å². The largest absolute Gasteiger partial charge is 0.469 e. The fourth-order valence-electron chi connectivity index (χ4n) is 2.22. The Hall–Kier alpha value is -1.88. The normalized spacial score (nSPS) is 18.7. The molecule has 1 unspecified atom stereocenters. The van der Waals surface area contributed by atoms with E-state index in [1.165, 1.54) is 7.11 Å². The van der Waals surface area contributed by atoms with Crippen molar-refractivity contribution in [2.24, 2.45) is 11.7 Å². The van der Waals surface area contributed by atoms with Gasteiger partial charge in [0.1, 0.15) is 0 Å². The van der Waals surface area contributed by atoms with Crippen molar-refractivity contribution >= 4 is 17.6 Å². The summed E-state index contributed by atoms with van der Waals surface area (Å²) in [6.07, 6.45) is 0.760. The third-order valence-electron chi connectivity index (χ3n) is 3.36. The number of nitrogens with zero attached hydrogens (tertiary/aromatic N) is 1. The summed E-state index contributed by atoms with van der Waals surface area (Å²) in [6.45, 7) is 1.20. The van der Waals surface area contributed by atoms with Crippen LogP contribution in [0.2, 0.25) is 0 Å². The third kappa shape index (κ3) is 3.12. The molecule has 5 heteroatoms. The Morgan fingerprint density at radius 3 is 2.63 bits per heavy atom. The zero-order valence-corrected chi connectivity index (χ0v) is 11.0. The molecule has 1 aliphatic heterocycles. The van der Waals surface area contributed by atoms with Crippen LogP contribution in [-0.4, -0.2) is 32.1 Å². The lowest BCUT2D eigenvalue weighted by atomic mass is 10.1. The van der Waals surface area contributed by atoms with Crippen molar-refractivity contribution in [2.45, 2.75) is 12.8 Å². The third-order valence-corrected chi connectivity index (χ3v) is 3.36. The van der Waals surface area contributed by atoms with Crippen LogP contribution in [0.5, 0.6) is 0 Å². The van der Waals surface area contributed by atoms with Gasteiger partial charge in [0.2, 0.25) is 5.91 Å². The second-order valence-corrected chi connectivity index (χ2v) is 4.73. The standard InChI is InChI=1S/C14H18N2O3/c1-19-14(18)7-10-2-4-12(5-3-10)16-9-11(8-15)6-13(16)17/h2-5,11H,6-9,15H2,1H3. The van der Waals surface area contributed by atoms with E-state index in [2.05, 4.69) is 4.74 Å². The van der Waals surface area contributed by atoms with Crippen LogP contribution in [0.1, 0.15) is 12.0 Å². The number of esters is 1. The summed E-state index contributed by atoms with van der Waals surface area (Å²) in [5.41, 5.74) is 7.33. The van der Waals surface area contributed by atoms with Crippen LogP contribution in [0.3, 0.4) is 0 Å². The van der Waals surface area contributed by atoms with Crippen LogP contribution < -0.4 is 10.6 Å². The van der Waals surface area contributed by atoms with E-state index in [1.54, 1.807) is 4.90 Å². The summed E-state index contributed by atoms with van der Waals surface area (Å²) in [4.78, 5) is 24.8. The van der Waals surface area contributed by atoms with Gasteiger partial charge in [0.25, 0.3) is 0 Å². The van der Waals surface area contributed by atoms with Crippen molar-refractivity contribution in [3.8, 4) is 0 Å². The second-order valence-electron chi connectivity index (χ2n) is 4.73. The van der Waals surface area contributed by atoms with Crippen molar-refractivity contribution < 1.29 is 14.3 Å². The maximum Gasteiger partial charge on any atom is 0.309 e. The van der Waals surface area contributed by atoms with Gasteiger partial charge in [-0.15, -0.1) is 0 Å². The minimum Gasteiger partial charge on any atom is -0.469 e. The lowest BCUT2D eigenvalue weighted by Crippen LogP contribution is -2.25. The maximum atomic E-state index is 11.8. The molecule has 0 bridgehead atoms. The fourth-order valence-corrected chi connectivity index (χ4v) is 2.22. The van der Waals surface area contributed by atoms with Crippen molar-refractivity contribution in [1.29, 1.82) is 0 Å². The van der Waals surface area contributed by atoms with Gasteiger partial charge in [-0.2, -0.15) is 0 Å². The molecule has 0 aliphatic carbocycles. The highest BCUT2D eigenvalue weighted by atomic mass is 16.5. The number of amides is 1. The average Bonchev–Trinajstić information content (AvgIpc) is 2.81. The molecule has 2 rings (SSSR count). The maximum absolute atomic E-state index is 11.8. The number of carbonyl (C=O) groups is 2. The van der Waals surface area contributed by atoms with Gasteiger partial charge in [0, 0.05) is 18.7 Å². The SMILES string of the molecule is COC(=O)Cc1ccc(N2CC(CN)CC2=O)cc1. The first kappa shape index (κ1) is 13.5. The molecule has 0 radical (unpaired) electrons. The van der Waals surface area contributed by atoms with Crippen LogP contribution in [-0.2, 0) is 20.7 Å². The van der Waals surface area contributed by atoms with Gasteiger partial charge in [-0.05, 0) is 30.2 Å². The molecule has 1 heterocycles. The molecule has 0 spiro atoms. The molecule has 1 amide bonds. The first-order valence-corrected chi connectivity index (χ1v) is 6.30. The molecule has 0 saturated carbocycles. The predicted octanol–water partition coefficient (Wildman–Crippen LogP) is 0.714. The van der Waals surface area contributed by atoms with Crippen molar-refractivity contribution in [3.05, 3.63) is 29.8 Å². The number of methoxy groups -OCH3 is 1. The zero-order valence-electron chi connectivity index (χ0n) is 11.0. The molecule has 1 aromatic rings. The Bertz CT molecular complexity index is 470. The first-order chi connectivity index (χ1) is 9.13. The van der Waals surface area contributed by atoms with E-state index < -0.39 is 0 Å². The van der Waals surface area contributed by atoms with Crippen LogP contribution in [0.4, 0.5) is 5.69 Å². The number of ether oxygens (including phenoxy) is 1. The molecule has 0 aromatic heterocycles. The minimum absolute atomic E-state index is 0.108. The van der Waals surface area contributed by atoms with Crippen LogP contribution in [0, 0.1) is 5.92 Å². The number of rotatable bonds is 4. The summed E-state index contributed by atoms with van der Waals surface area (Å²) in [5, 5.41) is 0. The molecular weight excluding hydrogens is 244 g/mol. The molecular formula is C14H18N2O3. The Kier molecular flexibility index (Phi) is 4.16. The van der Waals surface area contributed by atoms with Crippen LogP contribution in [0.25, 0.3) is 0 Å². The van der Waals surface area contributed by atoms with Gasteiger partial charge in [0.05, 0.1) is 13.5 Å². The highest BCUT2D eigenvalue weighted by Gasteiger charge is 2.29. The lowest BCUT2D eigenvalue weighted by molar-refractivity contribution is -0.139. The molecule has 2 N–H and O–H groups in total. The quantitative estimate of drug-likeness (QED) is 0.811. The minimum atomic E-state index is -0.270. The number of anilines is 1. The van der Waals surface area contributed by atoms with E-state index in [4.69, 9.17) is 5.73 Å². The summed E-state index contributed by atoms with van der Waals surface area (Å²) in [5.74, 6) is 0.0756. The van der Waals surface area contributed by atoms with Crippen molar-refractivity contribution in [1.82, 2.24) is 0 Å². The molecule has 1 saturated heterocycles. The average molecular weight is 262 g/mol. The second kappa shape index (κ2) is 5.84. The smallest absolute Gasteiger partial charge is 0.309 e. The molecule has 1 aliphatic rings. The first-order valence-electron chi connectivity index (χ1n) is 6.30. The fraction of sp³-hybridized carbons (Fsp3) is 0.429. The van der Waals surface area contributed by atoms with Gasteiger partial charge in [-0.3, -0.25) is 9.59 Å². The Morgan fingerprint density at radius 1 is 1.42 bits per heavy atom. The Labute approximate surface area is 112 Å². The van der Waals surface area contributed by atoms with Gasteiger partial charge in [-0.25, -0.2) is 0 Å². The van der Waals surface area contributed by atoms with E-state index in [0.29, 0.717) is 19.5 Å². The number of hydrogen-bond donors (Lipinski definition) is 1. The highest BCUT2D eigenvalue weighted by Crippen LogP contribution is 2.24. The van der Waals surface area contributed by atoms with E-state index in [-0.39, 0.29) is 24.2 Å². The predicted molar refractivity (Wildman–Crippen MR) is 71.7 cm³/mol. The van der Waals surface area contributed by atoms with Gasteiger partial charge < -0.3 is 15.4 Å². The van der Waals surface area contributed by atoms with Crippen LogP contribution >= 0.6 is 0 Å². The summed E-state index contributed by atoms with van der Waals surface area (Å²) in [7, 11) is 1.37. The molecule has 1 atom stereocenters. The summed E-state index contributed by atoms with van der Waals surface area (Å²) >= 11 is 0. The van der Waals surface area contributed by atoms with Gasteiger partial charge in [0.15, 0.2) is 0 Å². The number of hydrogen-bond acceptors (Lipinski definition) is 4. The Morgan fingerprint density at radius 2 is 2.11 bits per heavy atom. The molecule has 1 aromatic carbocycles. The van der Waals surface area contributed by atoms with Crippen LogP contribution in [0.15, 0.2) is 24.3 Å². The molecule has 102 valence electrons. The molecule has 19 heavy (non-hydrogen) atoms. The van der Waals surface area contributed by atoms with E-state index >= 15 is 0 Å². The summed E-state index contributed by atoms with van der Waals surface area (Å²) in [6, 6.07) is 7.40. The summed E-state index contributed by atoms with van der Waals surface area (Å²) < 4.78 is 4.61. The monoisotopic (exact) mass is 262 g/mol.